The molecule has 1 fully saturated rings. The van der Waals surface area contributed by atoms with Crippen molar-refractivity contribution in [2.75, 3.05) is 13.1 Å². The van der Waals surface area contributed by atoms with Gasteiger partial charge in [-0.25, -0.2) is 0 Å². The number of aryl methyl sites for hydroxylation is 3. The predicted octanol–water partition coefficient (Wildman–Crippen LogP) is 3.71. The molecule has 2 atom stereocenters. The molecule has 1 aliphatic heterocycles. The molecule has 0 radical (unpaired) electrons. The minimum absolute atomic E-state index is 0.0780. The normalized spacial score (nSPS) is 20.8. The van der Waals surface area contributed by atoms with Crippen molar-refractivity contribution in [1.29, 1.82) is 0 Å². The van der Waals surface area contributed by atoms with Gasteiger partial charge < -0.3 is 14.2 Å². The molecule has 1 amide bonds. The number of rotatable bonds is 3. The van der Waals surface area contributed by atoms with E-state index < -0.39 is 0 Å². The quantitative estimate of drug-likeness (QED) is 0.854. The molecule has 4 nitrogen and oxygen atoms in total. The molecular formula is C21H28N2O2. The molecule has 2 aromatic rings. The van der Waals surface area contributed by atoms with Gasteiger partial charge in [0.05, 0.1) is 12.2 Å². The molecule has 1 aliphatic rings. The lowest BCUT2D eigenvalue weighted by Crippen LogP contribution is -2.48. The zero-order valence-electron chi connectivity index (χ0n) is 15.9. The first-order chi connectivity index (χ1) is 11.8. The van der Waals surface area contributed by atoms with E-state index in [1.807, 2.05) is 25.7 Å². The number of hydrogen-bond acceptors (Lipinski definition) is 2. The zero-order valence-corrected chi connectivity index (χ0v) is 15.9. The summed E-state index contributed by atoms with van der Waals surface area (Å²) in [6.07, 6.45) is 0.156. The van der Waals surface area contributed by atoms with E-state index in [0.717, 1.165) is 23.5 Å². The molecule has 2 heterocycles. The molecule has 0 N–H and O–H groups in total. The van der Waals surface area contributed by atoms with Crippen LogP contribution in [0.25, 0.3) is 0 Å². The Morgan fingerprint density at radius 3 is 2.44 bits per heavy atom. The minimum Gasteiger partial charge on any atom is -0.372 e. The Bertz CT molecular complexity index is 768. The van der Waals surface area contributed by atoms with E-state index in [-0.39, 0.29) is 18.1 Å². The van der Waals surface area contributed by atoms with Gasteiger partial charge in [0.2, 0.25) is 0 Å². The number of amides is 1. The molecule has 134 valence electrons. The van der Waals surface area contributed by atoms with Gasteiger partial charge in [0.1, 0.15) is 5.69 Å². The number of morpholine rings is 1. The van der Waals surface area contributed by atoms with Crippen molar-refractivity contribution < 1.29 is 9.53 Å². The Labute approximate surface area is 150 Å². The number of benzene rings is 1. The monoisotopic (exact) mass is 340 g/mol. The van der Waals surface area contributed by atoms with E-state index in [4.69, 9.17) is 4.74 Å². The second-order valence-electron chi connectivity index (χ2n) is 7.36. The predicted molar refractivity (Wildman–Crippen MR) is 100 cm³/mol. The highest BCUT2D eigenvalue weighted by molar-refractivity contribution is 5.94. The van der Waals surface area contributed by atoms with Crippen molar-refractivity contribution in [1.82, 2.24) is 9.47 Å². The van der Waals surface area contributed by atoms with Gasteiger partial charge >= 0.3 is 0 Å². The van der Waals surface area contributed by atoms with Crippen molar-refractivity contribution >= 4 is 5.91 Å². The van der Waals surface area contributed by atoms with Crippen LogP contribution in [0, 0.1) is 20.8 Å². The highest BCUT2D eigenvalue weighted by atomic mass is 16.5. The van der Waals surface area contributed by atoms with E-state index in [2.05, 4.69) is 48.7 Å². The van der Waals surface area contributed by atoms with Crippen LogP contribution >= 0.6 is 0 Å². The van der Waals surface area contributed by atoms with E-state index in [1.165, 1.54) is 11.1 Å². The van der Waals surface area contributed by atoms with Crippen LogP contribution in [0.2, 0.25) is 0 Å². The molecule has 1 aromatic heterocycles. The first-order valence-corrected chi connectivity index (χ1v) is 9.02. The van der Waals surface area contributed by atoms with Crippen molar-refractivity contribution in [2.45, 2.75) is 53.4 Å². The van der Waals surface area contributed by atoms with Crippen LogP contribution in [0.15, 0.2) is 30.3 Å². The van der Waals surface area contributed by atoms with Gasteiger partial charge in [-0.05, 0) is 51.8 Å². The maximum atomic E-state index is 13.3. The number of nitrogens with zero attached hydrogens (tertiary/aromatic N) is 2. The maximum Gasteiger partial charge on any atom is 0.270 e. The lowest BCUT2D eigenvalue weighted by Gasteiger charge is -2.35. The number of carbonyl (C=O) groups excluding carboxylic acids is 1. The summed E-state index contributed by atoms with van der Waals surface area (Å²) < 4.78 is 7.93. The third-order valence-corrected chi connectivity index (χ3v) is 4.83. The second kappa shape index (κ2) is 7.04. The molecule has 3 rings (SSSR count). The van der Waals surface area contributed by atoms with Crippen molar-refractivity contribution in [3.05, 3.63) is 58.4 Å². The Balaban J connectivity index is 1.92. The molecule has 25 heavy (non-hydrogen) atoms. The molecule has 4 heteroatoms. The summed E-state index contributed by atoms with van der Waals surface area (Å²) >= 11 is 0. The van der Waals surface area contributed by atoms with Crippen LogP contribution in [0.5, 0.6) is 0 Å². The number of hydrogen-bond donors (Lipinski definition) is 0. The lowest BCUT2D eigenvalue weighted by molar-refractivity contribution is -0.0588. The van der Waals surface area contributed by atoms with Gasteiger partial charge in [-0.15, -0.1) is 0 Å². The fraction of sp³-hybridized carbons (Fsp3) is 0.476. The van der Waals surface area contributed by atoms with Gasteiger partial charge in [0.15, 0.2) is 0 Å². The van der Waals surface area contributed by atoms with Crippen LogP contribution in [0.4, 0.5) is 0 Å². The average molecular weight is 340 g/mol. The molecule has 2 unspecified atom stereocenters. The summed E-state index contributed by atoms with van der Waals surface area (Å²) in [5.41, 5.74) is 5.43. The summed E-state index contributed by atoms with van der Waals surface area (Å²) in [6.45, 7) is 12.3. The first kappa shape index (κ1) is 17.7. The Morgan fingerprint density at radius 1 is 1.12 bits per heavy atom. The maximum absolute atomic E-state index is 13.3. The number of aromatic nitrogens is 1. The zero-order chi connectivity index (χ0) is 18.1. The molecule has 0 aliphatic carbocycles. The van der Waals surface area contributed by atoms with Crippen LogP contribution in [0.3, 0.4) is 0 Å². The molecule has 0 bridgehead atoms. The third kappa shape index (κ3) is 3.79. The molecule has 0 spiro atoms. The fourth-order valence-electron chi connectivity index (χ4n) is 3.82. The van der Waals surface area contributed by atoms with E-state index in [9.17, 15) is 4.79 Å². The molecule has 1 saturated heterocycles. The van der Waals surface area contributed by atoms with Gasteiger partial charge in [-0.3, -0.25) is 4.79 Å². The summed E-state index contributed by atoms with van der Waals surface area (Å²) in [6, 6.07) is 10.6. The standard InChI is InChI=1S/C21H28N2O2/c1-14-7-6-8-19(9-14)13-23-16(3)10-15(2)20(23)21(24)22-11-17(4)25-18(5)12-22/h6-10,17-18H,11-13H2,1-5H3. The van der Waals surface area contributed by atoms with E-state index >= 15 is 0 Å². The Hall–Kier alpha value is -2.07. The van der Waals surface area contributed by atoms with Crippen LogP contribution in [0.1, 0.15) is 46.7 Å². The Morgan fingerprint density at radius 2 is 1.80 bits per heavy atom. The van der Waals surface area contributed by atoms with Crippen molar-refractivity contribution in [3.8, 4) is 0 Å². The van der Waals surface area contributed by atoms with Gasteiger partial charge in [-0.1, -0.05) is 29.8 Å². The summed E-state index contributed by atoms with van der Waals surface area (Å²) in [7, 11) is 0. The Kier molecular flexibility index (Phi) is 5.00. The van der Waals surface area contributed by atoms with Gasteiger partial charge in [0.25, 0.3) is 5.91 Å². The summed E-state index contributed by atoms with van der Waals surface area (Å²) in [4.78, 5) is 15.2. The molecule has 0 saturated carbocycles. The highest BCUT2D eigenvalue weighted by Gasteiger charge is 2.29. The topological polar surface area (TPSA) is 34.5 Å². The summed E-state index contributed by atoms with van der Waals surface area (Å²) in [5.74, 6) is 0.111. The average Bonchev–Trinajstić information content (AvgIpc) is 2.79. The SMILES string of the molecule is Cc1cccc(Cn2c(C)cc(C)c2C(=O)N2CC(C)OC(C)C2)c1. The number of ether oxygens (including phenoxy) is 1. The molecule has 1 aromatic carbocycles. The van der Waals surface area contributed by atoms with E-state index in [0.29, 0.717) is 13.1 Å². The summed E-state index contributed by atoms with van der Waals surface area (Å²) in [5, 5.41) is 0. The van der Waals surface area contributed by atoms with Crippen LogP contribution in [-0.2, 0) is 11.3 Å². The smallest absolute Gasteiger partial charge is 0.270 e. The van der Waals surface area contributed by atoms with E-state index in [1.54, 1.807) is 0 Å². The van der Waals surface area contributed by atoms with Crippen molar-refractivity contribution in [2.24, 2.45) is 0 Å². The van der Waals surface area contributed by atoms with Gasteiger partial charge in [0, 0.05) is 25.3 Å². The van der Waals surface area contributed by atoms with Gasteiger partial charge in [-0.2, -0.15) is 0 Å². The largest absolute Gasteiger partial charge is 0.372 e. The lowest BCUT2D eigenvalue weighted by atomic mass is 10.1. The third-order valence-electron chi connectivity index (χ3n) is 4.83. The first-order valence-electron chi connectivity index (χ1n) is 9.02. The molecular weight excluding hydrogens is 312 g/mol. The van der Waals surface area contributed by atoms with Crippen molar-refractivity contribution in [3.63, 3.8) is 0 Å². The van der Waals surface area contributed by atoms with Crippen LogP contribution in [-0.4, -0.2) is 40.7 Å². The highest BCUT2D eigenvalue weighted by Crippen LogP contribution is 2.22. The minimum atomic E-state index is 0.0780. The second-order valence-corrected chi connectivity index (χ2v) is 7.36. The van der Waals surface area contributed by atoms with Crippen LogP contribution < -0.4 is 0 Å². The fourth-order valence-corrected chi connectivity index (χ4v) is 3.82. The number of carbonyl (C=O) groups is 1.